The molecule has 2 rings (SSSR count). The van der Waals surface area contributed by atoms with Gasteiger partial charge >= 0.3 is 0 Å². The summed E-state index contributed by atoms with van der Waals surface area (Å²) in [6.45, 7) is 0. The molecule has 0 aliphatic heterocycles. The van der Waals surface area contributed by atoms with Gasteiger partial charge in [0.1, 0.15) is 11.5 Å². The number of aromatic hydroxyl groups is 1. The van der Waals surface area contributed by atoms with Gasteiger partial charge in [-0.15, -0.1) is 11.3 Å². The van der Waals surface area contributed by atoms with Crippen LogP contribution < -0.4 is 10.5 Å². The Morgan fingerprint density at radius 2 is 2.19 bits per heavy atom. The fourth-order valence-corrected chi connectivity index (χ4v) is 2.28. The minimum Gasteiger partial charge on any atom is -0.507 e. The van der Waals surface area contributed by atoms with E-state index in [4.69, 9.17) is 10.5 Å². The quantitative estimate of drug-likeness (QED) is 0.859. The number of rotatable bonds is 3. The van der Waals surface area contributed by atoms with Crippen molar-refractivity contribution in [3.63, 3.8) is 0 Å². The number of thiophene rings is 1. The van der Waals surface area contributed by atoms with Gasteiger partial charge in [-0.2, -0.15) is 0 Å². The van der Waals surface area contributed by atoms with Gasteiger partial charge in [0.15, 0.2) is 0 Å². The Morgan fingerprint density at radius 1 is 1.38 bits per heavy atom. The normalized spacial score (nSPS) is 12.4. The molecule has 16 heavy (non-hydrogen) atoms. The fourth-order valence-electron chi connectivity index (χ4n) is 1.53. The highest BCUT2D eigenvalue weighted by Gasteiger charge is 2.14. The van der Waals surface area contributed by atoms with Gasteiger partial charge in [0, 0.05) is 16.5 Å². The van der Waals surface area contributed by atoms with E-state index in [1.807, 2.05) is 17.5 Å². The molecule has 0 spiro atoms. The lowest BCUT2D eigenvalue weighted by Crippen LogP contribution is -2.10. The molecule has 0 saturated carbocycles. The van der Waals surface area contributed by atoms with Gasteiger partial charge in [-0.25, -0.2) is 0 Å². The molecule has 0 saturated heterocycles. The Balaban J connectivity index is 2.34. The fraction of sp³-hybridized carbons (Fsp3) is 0.167. The number of phenolic OH excluding ortho intramolecular Hbond substituents is 1. The third kappa shape index (κ3) is 2.03. The topological polar surface area (TPSA) is 55.5 Å². The first-order valence-electron chi connectivity index (χ1n) is 4.88. The predicted octanol–water partition coefficient (Wildman–Crippen LogP) is 2.51. The third-order valence-electron chi connectivity index (χ3n) is 2.42. The van der Waals surface area contributed by atoms with Crippen molar-refractivity contribution in [2.45, 2.75) is 6.04 Å². The number of ether oxygens (including phenoxy) is 1. The Morgan fingerprint density at radius 3 is 2.75 bits per heavy atom. The molecular weight excluding hydrogens is 222 g/mol. The molecule has 4 heteroatoms. The summed E-state index contributed by atoms with van der Waals surface area (Å²) in [7, 11) is 1.56. The van der Waals surface area contributed by atoms with Crippen molar-refractivity contribution in [1.82, 2.24) is 0 Å². The van der Waals surface area contributed by atoms with Crippen LogP contribution in [0.25, 0.3) is 0 Å². The summed E-state index contributed by atoms with van der Waals surface area (Å²) in [5.74, 6) is 0.792. The van der Waals surface area contributed by atoms with Crippen LogP contribution in [-0.4, -0.2) is 12.2 Å². The molecule has 0 fully saturated rings. The highest BCUT2D eigenvalue weighted by molar-refractivity contribution is 7.10. The van der Waals surface area contributed by atoms with Crippen LogP contribution in [0.15, 0.2) is 35.7 Å². The van der Waals surface area contributed by atoms with Crippen LogP contribution in [-0.2, 0) is 0 Å². The molecule has 1 atom stereocenters. The van der Waals surface area contributed by atoms with Crippen molar-refractivity contribution in [2.75, 3.05) is 7.11 Å². The summed E-state index contributed by atoms with van der Waals surface area (Å²) in [5, 5.41) is 11.8. The monoisotopic (exact) mass is 235 g/mol. The van der Waals surface area contributed by atoms with Crippen LogP contribution in [0, 0.1) is 0 Å². The van der Waals surface area contributed by atoms with E-state index in [1.54, 1.807) is 36.6 Å². The van der Waals surface area contributed by atoms with E-state index < -0.39 is 0 Å². The van der Waals surface area contributed by atoms with Crippen molar-refractivity contribution < 1.29 is 9.84 Å². The molecule has 3 N–H and O–H groups in total. The zero-order chi connectivity index (χ0) is 11.5. The van der Waals surface area contributed by atoms with E-state index in [-0.39, 0.29) is 11.8 Å². The van der Waals surface area contributed by atoms with Crippen LogP contribution >= 0.6 is 11.3 Å². The molecule has 0 aliphatic rings. The van der Waals surface area contributed by atoms with Crippen molar-refractivity contribution in [2.24, 2.45) is 5.73 Å². The molecule has 3 nitrogen and oxygen atoms in total. The molecular formula is C12H13NO2S. The smallest absolute Gasteiger partial charge is 0.124 e. The van der Waals surface area contributed by atoms with Gasteiger partial charge in [0.25, 0.3) is 0 Å². The van der Waals surface area contributed by atoms with Gasteiger partial charge in [0.2, 0.25) is 0 Å². The average Bonchev–Trinajstić information content (AvgIpc) is 2.81. The standard InChI is InChI=1S/C12H13NO2S/c1-15-8-4-5-9(10(14)7-8)12(13)11-3-2-6-16-11/h2-7,12,14H,13H2,1H3/t12-/m0/s1. The summed E-state index contributed by atoms with van der Waals surface area (Å²) in [5.41, 5.74) is 6.77. The second kappa shape index (κ2) is 4.55. The summed E-state index contributed by atoms with van der Waals surface area (Å²) < 4.78 is 5.02. The van der Waals surface area contributed by atoms with Gasteiger partial charge in [-0.1, -0.05) is 6.07 Å². The number of hydrogen-bond acceptors (Lipinski definition) is 4. The van der Waals surface area contributed by atoms with Crippen LogP contribution in [0.1, 0.15) is 16.5 Å². The van der Waals surface area contributed by atoms with Gasteiger partial charge in [-0.3, -0.25) is 0 Å². The first kappa shape index (κ1) is 11.0. The lowest BCUT2D eigenvalue weighted by molar-refractivity contribution is 0.406. The maximum Gasteiger partial charge on any atom is 0.124 e. The van der Waals surface area contributed by atoms with Crippen LogP contribution in [0.4, 0.5) is 0 Å². The summed E-state index contributed by atoms with van der Waals surface area (Å²) in [6, 6.07) is 8.77. The van der Waals surface area contributed by atoms with Crippen LogP contribution in [0.2, 0.25) is 0 Å². The first-order chi connectivity index (χ1) is 7.72. The molecule has 2 aromatic rings. The van der Waals surface area contributed by atoms with Crippen molar-refractivity contribution >= 4 is 11.3 Å². The Labute approximate surface area is 98.1 Å². The maximum atomic E-state index is 9.84. The molecule has 84 valence electrons. The number of methoxy groups -OCH3 is 1. The van der Waals surface area contributed by atoms with Crippen LogP contribution in [0.3, 0.4) is 0 Å². The van der Waals surface area contributed by atoms with E-state index in [2.05, 4.69) is 0 Å². The Bertz CT molecular complexity index is 468. The van der Waals surface area contributed by atoms with E-state index in [9.17, 15) is 5.11 Å². The number of nitrogens with two attached hydrogens (primary N) is 1. The minimum absolute atomic E-state index is 0.167. The predicted molar refractivity (Wildman–Crippen MR) is 65.0 cm³/mol. The van der Waals surface area contributed by atoms with Gasteiger partial charge in [-0.05, 0) is 23.6 Å². The zero-order valence-electron chi connectivity index (χ0n) is 8.88. The lowest BCUT2D eigenvalue weighted by Gasteiger charge is -2.12. The van der Waals surface area contributed by atoms with E-state index in [1.165, 1.54) is 0 Å². The molecule has 0 aliphatic carbocycles. The molecule has 1 aromatic heterocycles. The number of hydrogen-bond donors (Lipinski definition) is 2. The van der Waals surface area contributed by atoms with Crippen LogP contribution in [0.5, 0.6) is 11.5 Å². The number of benzene rings is 1. The number of phenols is 1. The van der Waals surface area contributed by atoms with E-state index >= 15 is 0 Å². The Hall–Kier alpha value is -1.52. The Kier molecular flexibility index (Phi) is 3.12. The maximum absolute atomic E-state index is 9.84. The van der Waals surface area contributed by atoms with Crippen molar-refractivity contribution in [3.8, 4) is 11.5 Å². The molecule has 0 amide bonds. The SMILES string of the molecule is COc1ccc([C@H](N)c2cccs2)c(O)c1. The van der Waals surface area contributed by atoms with Gasteiger partial charge < -0.3 is 15.6 Å². The highest BCUT2D eigenvalue weighted by atomic mass is 32.1. The first-order valence-corrected chi connectivity index (χ1v) is 5.76. The summed E-state index contributed by atoms with van der Waals surface area (Å²) in [4.78, 5) is 1.03. The third-order valence-corrected chi connectivity index (χ3v) is 3.38. The molecule has 0 unspecified atom stereocenters. The molecule has 0 bridgehead atoms. The molecule has 0 radical (unpaired) electrons. The molecule has 1 heterocycles. The zero-order valence-corrected chi connectivity index (χ0v) is 9.70. The minimum atomic E-state index is -0.286. The largest absolute Gasteiger partial charge is 0.507 e. The summed E-state index contributed by atoms with van der Waals surface area (Å²) >= 11 is 1.58. The average molecular weight is 235 g/mol. The van der Waals surface area contributed by atoms with E-state index in [0.717, 1.165) is 4.88 Å². The lowest BCUT2D eigenvalue weighted by atomic mass is 10.0. The molecule has 1 aromatic carbocycles. The van der Waals surface area contributed by atoms with Crippen molar-refractivity contribution in [1.29, 1.82) is 0 Å². The highest BCUT2D eigenvalue weighted by Crippen LogP contribution is 2.32. The summed E-state index contributed by atoms with van der Waals surface area (Å²) in [6.07, 6.45) is 0. The van der Waals surface area contributed by atoms with Crippen molar-refractivity contribution in [3.05, 3.63) is 46.2 Å². The second-order valence-electron chi connectivity index (χ2n) is 3.42. The second-order valence-corrected chi connectivity index (χ2v) is 4.40. The van der Waals surface area contributed by atoms with E-state index in [0.29, 0.717) is 11.3 Å². The van der Waals surface area contributed by atoms with Gasteiger partial charge in [0.05, 0.1) is 13.2 Å².